The third kappa shape index (κ3) is 4.75. The SMILES string of the molecule is CC(C)(CCCOCc1cccs1)C(N)=NO. The van der Waals surface area contributed by atoms with E-state index in [4.69, 9.17) is 15.7 Å². The summed E-state index contributed by atoms with van der Waals surface area (Å²) in [5.41, 5.74) is 5.33. The molecule has 17 heavy (non-hydrogen) atoms. The first kappa shape index (κ1) is 14.0. The van der Waals surface area contributed by atoms with Crippen molar-refractivity contribution < 1.29 is 9.94 Å². The molecule has 1 aromatic rings. The fourth-order valence-corrected chi connectivity index (χ4v) is 2.09. The van der Waals surface area contributed by atoms with Crippen molar-refractivity contribution in [3.63, 3.8) is 0 Å². The first-order valence-electron chi connectivity index (χ1n) is 5.64. The van der Waals surface area contributed by atoms with Gasteiger partial charge in [0.2, 0.25) is 0 Å². The van der Waals surface area contributed by atoms with Crippen LogP contribution in [0, 0.1) is 5.41 Å². The molecule has 0 saturated heterocycles. The Hall–Kier alpha value is -1.07. The van der Waals surface area contributed by atoms with E-state index in [0.29, 0.717) is 13.2 Å². The fraction of sp³-hybridized carbons (Fsp3) is 0.583. The van der Waals surface area contributed by atoms with E-state index in [1.165, 1.54) is 4.88 Å². The number of nitrogens with two attached hydrogens (primary N) is 1. The maximum absolute atomic E-state index is 8.63. The van der Waals surface area contributed by atoms with Crippen molar-refractivity contribution in [2.75, 3.05) is 6.61 Å². The number of hydrogen-bond acceptors (Lipinski definition) is 4. The van der Waals surface area contributed by atoms with E-state index in [1.807, 2.05) is 25.3 Å². The van der Waals surface area contributed by atoms with Gasteiger partial charge in [0.15, 0.2) is 0 Å². The highest BCUT2D eigenvalue weighted by atomic mass is 32.1. The molecule has 0 unspecified atom stereocenters. The molecular weight excluding hydrogens is 236 g/mol. The van der Waals surface area contributed by atoms with Crippen LogP contribution in [0.25, 0.3) is 0 Å². The predicted molar refractivity (Wildman–Crippen MR) is 70.4 cm³/mol. The van der Waals surface area contributed by atoms with Crippen LogP contribution in [0.3, 0.4) is 0 Å². The number of oxime groups is 1. The molecule has 1 rings (SSSR count). The van der Waals surface area contributed by atoms with Gasteiger partial charge >= 0.3 is 0 Å². The summed E-state index contributed by atoms with van der Waals surface area (Å²) in [6.45, 7) is 5.28. The Morgan fingerprint density at radius 2 is 2.35 bits per heavy atom. The van der Waals surface area contributed by atoms with Gasteiger partial charge in [-0.1, -0.05) is 25.1 Å². The third-order valence-electron chi connectivity index (χ3n) is 2.72. The molecule has 1 heterocycles. The lowest BCUT2D eigenvalue weighted by Crippen LogP contribution is -2.32. The molecule has 0 aliphatic carbocycles. The lowest BCUT2D eigenvalue weighted by atomic mass is 9.87. The summed E-state index contributed by atoms with van der Waals surface area (Å²) in [5, 5.41) is 13.7. The monoisotopic (exact) mass is 256 g/mol. The zero-order valence-electron chi connectivity index (χ0n) is 10.3. The van der Waals surface area contributed by atoms with Crippen LogP contribution < -0.4 is 5.73 Å². The van der Waals surface area contributed by atoms with Crippen LogP contribution in [-0.4, -0.2) is 17.6 Å². The summed E-state index contributed by atoms with van der Waals surface area (Å²) < 4.78 is 5.55. The normalized spacial score (nSPS) is 12.9. The summed E-state index contributed by atoms with van der Waals surface area (Å²) in [6.07, 6.45) is 1.74. The topological polar surface area (TPSA) is 67.8 Å². The van der Waals surface area contributed by atoms with E-state index >= 15 is 0 Å². The van der Waals surface area contributed by atoms with Crippen molar-refractivity contribution >= 4 is 17.2 Å². The molecule has 0 aliphatic rings. The molecule has 4 nitrogen and oxygen atoms in total. The standard InChI is InChI=1S/C12H20N2O2S/c1-12(2,11(13)14-15)6-4-7-16-9-10-5-3-8-17-10/h3,5,8,15H,4,6-7,9H2,1-2H3,(H2,13,14). The molecule has 96 valence electrons. The highest BCUT2D eigenvalue weighted by Crippen LogP contribution is 2.22. The molecular formula is C12H20N2O2S. The van der Waals surface area contributed by atoms with Crippen LogP contribution in [-0.2, 0) is 11.3 Å². The van der Waals surface area contributed by atoms with Crippen molar-refractivity contribution in [2.45, 2.75) is 33.3 Å². The highest BCUT2D eigenvalue weighted by molar-refractivity contribution is 7.09. The van der Waals surface area contributed by atoms with Crippen LogP contribution in [0.2, 0.25) is 0 Å². The molecule has 3 N–H and O–H groups in total. The minimum Gasteiger partial charge on any atom is -0.409 e. The van der Waals surface area contributed by atoms with Crippen molar-refractivity contribution in [1.82, 2.24) is 0 Å². The van der Waals surface area contributed by atoms with Gasteiger partial charge in [0.1, 0.15) is 5.84 Å². The largest absolute Gasteiger partial charge is 0.409 e. The lowest BCUT2D eigenvalue weighted by Gasteiger charge is -2.22. The Balaban J connectivity index is 2.16. The number of amidine groups is 1. The first-order valence-corrected chi connectivity index (χ1v) is 6.52. The van der Waals surface area contributed by atoms with E-state index in [0.717, 1.165) is 12.8 Å². The summed E-state index contributed by atoms with van der Waals surface area (Å²) >= 11 is 1.70. The second kappa shape index (κ2) is 6.61. The summed E-state index contributed by atoms with van der Waals surface area (Å²) in [6, 6.07) is 4.08. The highest BCUT2D eigenvalue weighted by Gasteiger charge is 2.22. The van der Waals surface area contributed by atoms with Crippen LogP contribution in [0.4, 0.5) is 0 Å². The molecule has 0 fully saturated rings. The average Bonchev–Trinajstić information content (AvgIpc) is 2.80. The zero-order chi connectivity index (χ0) is 12.7. The van der Waals surface area contributed by atoms with E-state index < -0.39 is 0 Å². The number of rotatable bonds is 7. The van der Waals surface area contributed by atoms with Gasteiger partial charge in [0.05, 0.1) is 6.61 Å². The maximum Gasteiger partial charge on any atom is 0.144 e. The Morgan fingerprint density at radius 1 is 1.59 bits per heavy atom. The Bertz CT molecular complexity index is 347. The smallest absolute Gasteiger partial charge is 0.144 e. The summed E-state index contributed by atoms with van der Waals surface area (Å²) in [7, 11) is 0. The molecule has 5 heteroatoms. The van der Waals surface area contributed by atoms with Gasteiger partial charge in [-0.25, -0.2) is 0 Å². The van der Waals surface area contributed by atoms with E-state index in [1.54, 1.807) is 11.3 Å². The first-order chi connectivity index (χ1) is 8.06. The molecule has 0 bridgehead atoms. The summed E-state index contributed by atoms with van der Waals surface area (Å²) in [4.78, 5) is 1.24. The molecule has 0 aliphatic heterocycles. The van der Waals surface area contributed by atoms with Crippen LogP contribution >= 0.6 is 11.3 Å². The van der Waals surface area contributed by atoms with Crippen molar-refractivity contribution in [3.8, 4) is 0 Å². The maximum atomic E-state index is 8.63. The molecule has 0 amide bonds. The van der Waals surface area contributed by atoms with Crippen LogP contribution in [0.1, 0.15) is 31.6 Å². The van der Waals surface area contributed by atoms with Gasteiger partial charge in [-0.2, -0.15) is 0 Å². The van der Waals surface area contributed by atoms with Gasteiger partial charge < -0.3 is 15.7 Å². The number of hydrogen-bond donors (Lipinski definition) is 2. The van der Waals surface area contributed by atoms with Crippen molar-refractivity contribution in [2.24, 2.45) is 16.3 Å². The van der Waals surface area contributed by atoms with Crippen molar-refractivity contribution in [1.29, 1.82) is 0 Å². The predicted octanol–water partition coefficient (Wildman–Crippen LogP) is 2.82. The van der Waals surface area contributed by atoms with Crippen molar-refractivity contribution in [3.05, 3.63) is 22.4 Å². The second-order valence-electron chi connectivity index (χ2n) is 4.60. The minimum absolute atomic E-state index is 0.274. The van der Waals surface area contributed by atoms with E-state index in [2.05, 4.69) is 11.2 Å². The van der Waals surface area contributed by atoms with Crippen LogP contribution in [0.5, 0.6) is 0 Å². The van der Waals surface area contributed by atoms with E-state index in [9.17, 15) is 0 Å². The third-order valence-corrected chi connectivity index (χ3v) is 3.57. The number of nitrogens with zero attached hydrogens (tertiary/aromatic N) is 1. The van der Waals surface area contributed by atoms with Gasteiger partial charge in [-0.15, -0.1) is 11.3 Å². The van der Waals surface area contributed by atoms with Gasteiger partial charge in [0, 0.05) is 16.9 Å². The second-order valence-corrected chi connectivity index (χ2v) is 5.64. The molecule has 0 saturated carbocycles. The Kier molecular flexibility index (Phi) is 5.44. The zero-order valence-corrected chi connectivity index (χ0v) is 11.2. The number of ether oxygens (including phenoxy) is 1. The average molecular weight is 256 g/mol. The quantitative estimate of drug-likeness (QED) is 0.259. The van der Waals surface area contributed by atoms with E-state index in [-0.39, 0.29) is 11.3 Å². The Morgan fingerprint density at radius 3 is 2.94 bits per heavy atom. The molecule has 1 aromatic heterocycles. The van der Waals surface area contributed by atoms with Crippen LogP contribution in [0.15, 0.2) is 22.7 Å². The minimum atomic E-state index is -0.277. The molecule has 0 spiro atoms. The van der Waals surface area contributed by atoms with Gasteiger partial charge in [-0.3, -0.25) is 0 Å². The Labute approximate surface area is 106 Å². The number of thiophene rings is 1. The van der Waals surface area contributed by atoms with Gasteiger partial charge in [0.25, 0.3) is 0 Å². The molecule has 0 aromatic carbocycles. The molecule has 0 radical (unpaired) electrons. The lowest BCUT2D eigenvalue weighted by molar-refractivity contribution is 0.114. The van der Waals surface area contributed by atoms with Gasteiger partial charge in [-0.05, 0) is 24.3 Å². The fourth-order valence-electron chi connectivity index (χ4n) is 1.45. The summed E-state index contributed by atoms with van der Waals surface area (Å²) in [5.74, 6) is 0.274. The molecule has 0 atom stereocenters.